The number of aliphatic carboxylic acids is 1. The molecule has 0 radical (unpaired) electrons. The van der Waals surface area contributed by atoms with Gasteiger partial charge in [-0.3, -0.25) is 4.79 Å². The van der Waals surface area contributed by atoms with Gasteiger partial charge in [0.25, 0.3) is 0 Å². The quantitative estimate of drug-likeness (QED) is 0.528. The average molecular weight is 461 g/mol. The van der Waals surface area contributed by atoms with Crippen molar-refractivity contribution in [3.63, 3.8) is 0 Å². The summed E-state index contributed by atoms with van der Waals surface area (Å²) in [5.74, 6) is -0.943. The topological polar surface area (TPSA) is 81.4 Å². The highest BCUT2D eigenvalue weighted by molar-refractivity contribution is 7.16. The highest BCUT2D eigenvalue weighted by Crippen LogP contribution is 2.33. The Bertz CT molecular complexity index is 1140. The SMILES string of the molecule is CCCCC(Oc1ccc2c(c1)sc(=O)n2-c1ncc(C(F)(F)F)cc1Cl)C(=O)O. The molecule has 11 heteroatoms. The monoisotopic (exact) mass is 460 g/mol. The van der Waals surface area contributed by atoms with Crippen LogP contribution in [0.5, 0.6) is 5.75 Å². The molecule has 30 heavy (non-hydrogen) atoms. The van der Waals surface area contributed by atoms with Gasteiger partial charge in [-0.25, -0.2) is 14.3 Å². The van der Waals surface area contributed by atoms with Crippen molar-refractivity contribution in [3.05, 3.63) is 50.7 Å². The number of hydrogen-bond donors (Lipinski definition) is 1. The molecule has 160 valence electrons. The van der Waals surface area contributed by atoms with Crippen molar-refractivity contribution in [1.29, 1.82) is 0 Å². The zero-order valence-electron chi connectivity index (χ0n) is 15.6. The third kappa shape index (κ3) is 4.59. The summed E-state index contributed by atoms with van der Waals surface area (Å²) in [7, 11) is 0. The van der Waals surface area contributed by atoms with Crippen LogP contribution in [0.1, 0.15) is 31.7 Å². The number of halogens is 4. The fraction of sp³-hybridized carbons (Fsp3) is 0.316. The van der Waals surface area contributed by atoms with E-state index in [9.17, 15) is 27.9 Å². The van der Waals surface area contributed by atoms with Crippen LogP contribution in [-0.4, -0.2) is 26.7 Å². The summed E-state index contributed by atoms with van der Waals surface area (Å²) in [5, 5.41) is 8.98. The Balaban J connectivity index is 1.98. The Morgan fingerprint density at radius 1 is 1.37 bits per heavy atom. The van der Waals surface area contributed by atoms with Gasteiger partial charge < -0.3 is 9.84 Å². The van der Waals surface area contributed by atoms with Gasteiger partial charge in [-0.2, -0.15) is 13.2 Å². The molecule has 0 saturated heterocycles. The third-order valence-electron chi connectivity index (χ3n) is 4.29. The summed E-state index contributed by atoms with van der Waals surface area (Å²) < 4.78 is 45.6. The molecule has 0 saturated carbocycles. The molecule has 6 nitrogen and oxygen atoms in total. The number of carbonyl (C=O) groups is 1. The van der Waals surface area contributed by atoms with E-state index in [1.54, 1.807) is 0 Å². The predicted molar refractivity (Wildman–Crippen MR) is 107 cm³/mol. The number of alkyl halides is 3. The summed E-state index contributed by atoms with van der Waals surface area (Å²) >= 11 is 6.79. The van der Waals surface area contributed by atoms with Gasteiger partial charge in [0, 0.05) is 6.20 Å². The fourth-order valence-corrected chi connectivity index (χ4v) is 3.96. The molecular formula is C19H16ClF3N2O4S. The minimum absolute atomic E-state index is 0.124. The van der Waals surface area contributed by atoms with Crippen molar-refractivity contribution >= 4 is 39.1 Å². The van der Waals surface area contributed by atoms with Crippen LogP contribution in [0.25, 0.3) is 16.0 Å². The Morgan fingerprint density at radius 2 is 2.10 bits per heavy atom. The number of carboxylic acids is 1. The first-order valence-corrected chi connectivity index (χ1v) is 10.1. The second kappa shape index (κ2) is 8.65. The smallest absolute Gasteiger partial charge is 0.417 e. The maximum atomic E-state index is 12.8. The second-order valence-electron chi connectivity index (χ2n) is 6.45. The summed E-state index contributed by atoms with van der Waals surface area (Å²) in [6.45, 7) is 1.94. The lowest BCUT2D eigenvalue weighted by Gasteiger charge is -2.15. The molecule has 0 fully saturated rings. The van der Waals surface area contributed by atoms with Crippen LogP contribution < -0.4 is 9.61 Å². The number of thiazole rings is 1. The van der Waals surface area contributed by atoms with Crippen LogP contribution >= 0.6 is 22.9 Å². The van der Waals surface area contributed by atoms with E-state index in [-0.39, 0.29) is 16.6 Å². The zero-order chi connectivity index (χ0) is 22.1. The number of hydrogen-bond acceptors (Lipinski definition) is 5. The lowest BCUT2D eigenvalue weighted by molar-refractivity contribution is -0.145. The minimum Gasteiger partial charge on any atom is -0.479 e. The first kappa shape index (κ1) is 22.1. The standard InChI is InChI=1S/C19H16ClF3N2O4S/c1-2-3-4-14(17(26)27)29-11-5-6-13-15(8-11)30-18(28)25(13)16-12(20)7-10(9-24-16)19(21,22)23/h5-9,14H,2-4H2,1H3,(H,26,27). The minimum atomic E-state index is -4.61. The van der Waals surface area contributed by atoms with Crippen molar-refractivity contribution in [2.75, 3.05) is 0 Å². The zero-order valence-corrected chi connectivity index (χ0v) is 17.1. The van der Waals surface area contributed by atoms with Crippen LogP contribution in [0.3, 0.4) is 0 Å². The number of carboxylic acid groups (broad SMARTS) is 1. The van der Waals surface area contributed by atoms with E-state index in [2.05, 4.69) is 4.98 Å². The van der Waals surface area contributed by atoms with Gasteiger partial charge in [0.15, 0.2) is 11.9 Å². The van der Waals surface area contributed by atoms with Gasteiger partial charge in [-0.15, -0.1) is 0 Å². The van der Waals surface area contributed by atoms with Crippen LogP contribution in [0.2, 0.25) is 5.02 Å². The fourth-order valence-electron chi connectivity index (χ4n) is 2.81. The first-order chi connectivity index (χ1) is 14.1. The third-order valence-corrected chi connectivity index (χ3v) is 5.47. The highest BCUT2D eigenvalue weighted by atomic mass is 35.5. The number of aromatic nitrogens is 2. The number of nitrogens with zero attached hydrogens (tertiary/aromatic N) is 2. The van der Waals surface area contributed by atoms with Gasteiger partial charge in [-0.05, 0) is 37.1 Å². The maximum absolute atomic E-state index is 12.8. The van der Waals surface area contributed by atoms with Crippen molar-refractivity contribution in [2.24, 2.45) is 0 Å². The summed E-state index contributed by atoms with van der Waals surface area (Å²) in [4.78, 5) is 27.1. The van der Waals surface area contributed by atoms with Crippen molar-refractivity contribution in [2.45, 2.75) is 38.5 Å². The van der Waals surface area contributed by atoms with E-state index < -0.39 is 28.7 Å². The van der Waals surface area contributed by atoms with Crippen LogP contribution in [-0.2, 0) is 11.0 Å². The van der Waals surface area contributed by atoms with Gasteiger partial charge >= 0.3 is 17.0 Å². The molecule has 1 N–H and O–H groups in total. The normalized spacial score (nSPS) is 12.8. The molecule has 0 spiro atoms. The number of rotatable bonds is 7. The molecule has 2 heterocycles. The van der Waals surface area contributed by atoms with E-state index >= 15 is 0 Å². The summed E-state index contributed by atoms with van der Waals surface area (Å²) in [6, 6.07) is 5.22. The van der Waals surface area contributed by atoms with E-state index in [1.165, 1.54) is 18.2 Å². The van der Waals surface area contributed by atoms with E-state index in [0.717, 1.165) is 22.3 Å². The molecule has 3 rings (SSSR count). The van der Waals surface area contributed by atoms with E-state index in [4.69, 9.17) is 16.3 Å². The molecule has 3 aromatic rings. The van der Waals surface area contributed by atoms with E-state index in [0.29, 0.717) is 35.3 Å². The maximum Gasteiger partial charge on any atom is 0.417 e. The number of fused-ring (bicyclic) bond motifs is 1. The first-order valence-electron chi connectivity index (χ1n) is 8.90. The number of pyridine rings is 1. The molecule has 0 aliphatic heterocycles. The van der Waals surface area contributed by atoms with Gasteiger partial charge in [0.1, 0.15) is 5.75 Å². The van der Waals surface area contributed by atoms with Crippen molar-refractivity contribution in [3.8, 4) is 11.6 Å². The van der Waals surface area contributed by atoms with Crippen LogP contribution in [0, 0.1) is 0 Å². The molecular weight excluding hydrogens is 445 g/mol. The number of benzene rings is 1. The lowest BCUT2D eigenvalue weighted by atomic mass is 10.1. The molecule has 0 bridgehead atoms. The van der Waals surface area contributed by atoms with E-state index in [1.807, 2.05) is 6.92 Å². The molecule has 1 aromatic carbocycles. The summed E-state index contributed by atoms with van der Waals surface area (Å²) in [5.41, 5.74) is -0.654. The Morgan fingerprint density at radius 3 is 2.70 bits per heavy atom. The van der Waals surface area contributed by atoms with Gasteiger partial charge in [0.2, 0.25) is 0 Å². The van der Waals surface area contributed by atoms with Crippen molar-refractivity contribution in [1.82, 2.24) is 9.55 Å². The van der Waals surface area contributed by atoms with Crippen LogP contribution in [0.4, 0.5) is 13.2 Å². The van der Waals surface area contributed by atoms with Gasteiger partial charge in [-0.1, -0.05) is 36.3 Å². The second-order valence-corrected chi connectivity index (χ2v) is 7.85. The molecule has 0 aliphatic rings. The molecule has 0 aliphatic carbocycles. The number of ether oxygens (including phenoxy) is 1. The average Bonchev–Trinajstić information content (AvgIpc) is 2.99. The molecule has 2 aromatic heterocycles. The molecule has 1 atom stereocenters. The van der Waals surface area contributed by atoms with Gasteiger partial charge in [0.05, 0.1) is 20.8 Å². The lowest BCUT2D eigenvalue weighted by Crippen LogP contribution is -2.26. The Kier molecular flexibility index (Phi) is 6.37. The Labute approximate surface area is 177 Å². The largest absolute Gasteiger partial charge is 0.479 e. The highest BCUT2D eigenvalue weighted by Gasteiger charge is 2.32. The number of unbranched alkanes of at least 4 members (excludes halogenated alkanes) is 1. The molecule has 0 amide bonds. The molecule has 1 unspecified atom stereocenters. The van der Waals surface area contributed by atoms with Crippen LogP contribution in [0.15, 0.2) is 35.3 Å². The predicted octanol–water partition coefficient (Wildman–Crippen LogP) is 5.14. The van der Waals surface area contributed by atoms with Crippen molar-refractivity contribution < 1.29 is 27.8 Å². The summed E-state index contributed by atoms with van der Waals surface area (Å²) in [6.07, 6.45) is -3.18. The Hall–Kier alpha value is -2.59.